The average Bonchev–Trinajstić information content (AvgIpc) is 2.92. The van der Waals surface area contributed by atoms with Crippen LogP contribution in [-0.2, 0) is 46.2 Å². The van der Waals surface area contributed by atoms with Crippen molar-refractivity contribution < 1.29 is 38.1 Å². The van der Waals surface area contributed by atoms with E-state index in [0.29, 0.717) is 19.2 Å². The van der Waals surface area contributed by atoms with Crippen LogP contribution in [0.1, 0.15) is 25.0 Å². The molecule has 2 aromatic rings. The van der Waals surface area contributed by atoms with E-state index in [4.69, 9.17) is 18.6 Å². The lowest BCUT2D eigenvalue weighted by molar-refractivity contribution is -0.147. The van der Waals surface area contributed by atoms with Gasteiger partial charge in [0.1, 0.15) is 23.3 Å². The minimum absolute atomic E-state index is 0.0474. The van der Waals surface area contributed by atoms with Crippen LogP contribution < -0.4 is 0 Å². The number of benzene rings is 2. The second kappa shape index (κ2) is 20.8. The maximum absolute atomic E-state index is 11.4. The van der Waals surface area contributed by atoms with Crippen molar-refractivity contribution in [3.8, 4) is 0 Å². The van der Waals surface area contributed by atoms with Crippen molar-refractivity contribution >= 4 is 52.4 Å². The van der Waals surface area contributed by atoms with Crippen LogP contribution in [0.15, 0.2) is 71.1 Å². The van der Waals surface area contributed by atoms with E-state index in [2.05, 4.69) is 56.2 Å². The van der Waals surface area contributed by atoms with Gasteiger partial charge in [0.05, 0.1) is 38.5 Å². The average molecular weight is 707 g/mol. The third-order valence-corrected chi connectivity index (χ3v) is 6.73. The van der Waals surface area contributed by atoms with Crippen molar-refractivity contribution in [2.45, 2.75) is 57.1 Å². The number of hydrogen-bond donors (Lipinski definition) is 1. The molecule has 0 aromatic heterocycles. The maximum Gasteiger partial charge on any atom is 0.325 e. The van der Waals surface area contributed by atoms with E-state index in [1.807, 2.05) is 67.6 Å². The summed E-state index contributed by atoms with van der Waals surface area (Å²) in [5.74, 6) is 0.0717. The normalized spacial score (nSPS) is 13.6. The minimum atomic E-state index is -1.52. The number of aliphatic hydroxyl groups is 1. The Bertz CT molecular complexity index is 992. The van der Waals surface area contributed by atoms with Gasteiger partial charge in [0, 0.05) is 0 Å². The Labute approximate surface area is 256 Å². The highest BCUT2D eigenvalue weighted by Gasteiger charge is 2.39. The van der Waals surface area contributed by atoms with E-state index < -0.39 is 24.7 Å². The molecule has 2 atom stereocenters. The second-order valence-electron chi connectivity index (χ2n) is 9.49. The van der Waals surface area contributed by atoms with Gasteiger partial charge in [-0.3, -0.25) is 4.79 Å². The number of methoxy groups -OCH3 is 2. The van der Waals surface area contributed by atoms with Gasteiger partial charge in [-0.25, -0.2) is 0 Å². The first kappa shape index (κ1) is 38.0. The summed E-state index contributed by atoms with van der Waals surface area (Å²) >= 11 is 6.46. The summed E-state index contributed by atoms with van der Waals surface area (Å²) in [6.45, 7) is 10.9. The van der Waals surface area contributed by atoms with Gasteiger partial charge in [-0.1, -0.05) is 76.6 Å². The molecule has 0 amide bonds. The Kier molecular flexibility index (Phi) is 19.7. The van der Waals surface area contributed by atoms with Gasteiger partial charge in [0.25, 0.3) is 5.95 Å². The van der Waals surface area contributed by atoms with Gasteiger partial charge >= 0.3 is 5.97 Å². The molecular weight excluding hydrogens is 664 g/mol. The van der Waals surface area contributed by atoms with E-state index in [1.165, 1.54) is 7.11 Å². The number of hydrogen-bond acceptors (Lipinski definition) is 8. The molecule has 1 unspecified atom stereocenters. The molecule has 0 heterocycles. The Morgan fingerprint density at radius 1 is 0.950 bits per heavy atom. The largest absolute Gasteiger partial charge is 0.519 e. The molecule has 0 aliphatic heterocycles. The summed E-state index contributed by atoms with van der Waals surface area (Å²) in [7, 11) is 1.37. The molecule has 2 rings (SSSR count). The second-order valence-corrected chi connectivity index (χ2v) is 16.8. The molecule has 0 aliphatic rings. The Balaban J connectivity index is 0.000000602. The first-order valence-electron chi connectivity index (χ1n) is 12.5. The summed E-state index contributed by atoms with van der Waals surface area (Å²) < 4.78 is 25.4. The van der Waals surface area contributed by atoms with Crippen LogP contribution in [0.3, 0.4) is 0 Å². The zero-order valence-electron chi connectivity index (χ0n) is 24.3. The number of rotatable bonds is 13. The standard InChI is InChI=1S/C13H17BrO4.C9H10O2.C7H15BrO2Si/c1-13(14,12(16)17-2)11(15)9-18-8-10-6-4-3-5-7-10;10-6-7-11-8-9-4-2-1-3-5-9;1-6(8)7(9-2)10-11(3,4)5/h3-7,11,15H,8-9H2,1-2H3;1-6H,7-8H2;1-5H3/t11-,13?;;/m1../s1. The van der Waals surface area contributed by atoms with Crippen LogP contribution in [0, 0.1) is 0 Å². The molecule has 8 nitrogen and oxygen atoms in total. The van der Waals surface area contributed by atoms with E-state index in [1.54, 1.807) is 14.0 Å². The van der Waals surface area contributed by atoms with Gasteiger partial charge in [-0.05, 0) is 60.5 Å². The molecule has 0 saturated heterocycles. The van der Waals surface area contributed by atoms with E-state index in [9.17, 15) is 14.7 Å². The molecule has 0 aliphatic carbocycles. The fourth-order valence-corrected chi connectivity index (χ4v) is 4.16. The highest BCUT2D eigenvalue weighted by atomic mass is 79.9. The molecule has 0 radical (unpaired) electrons. The molecule has 0 spiro atoms. The number of ether oxygens (including phenoxy) is 4. The molecule has 0 saturated carbocycles. The lowest BCUT2D eigenvalue weighted by Crippen LogP contribution is -2.44. The number of allylic oxidation sites excluding steroid dienone is 1. The number of halogens is 2. The van der Waals surface area contributed by atoms with Crippen LogP contribution in [-0.4, -0.2) is 63.5 Å². The zero-order chi connectivity index (χ0) is 30.6. The fraction of sp³-hybridized carbons (Fsp3) is 0.448. The number of carbonyl (C=O) groups is 2. The number of alkyl halides is 1. The molecule has 0 bridgehead atoms. The Hall–Kier alpha value is -2.02. The van der Waals surface area contributed by atoms with Crippen molar-refractivity contribution in [1.82, 2.24) is 0 Å². The molecule has 2 aromatic carbocycles. The van der Waals surface area contributed by atoms with Crippen molar-refractivity contribution in [1.29, 1.82) is 0 Å². The van der Waals surface area contributed by atoms with Gasteiger partial charge in [-0.15, -0.1) is 0 Å². The van der Waals surface area contributed by atoms with Gasteiger partial charge < -0.3 is 33.3 Å². The number of esters is 1. The number of aliphatic hydroxyl groups excluding tert-OH is 1. The monoisotopic (exact) mass is 704 g/mol. The highest BCUT2D eigenvalue weighted by Crippen LogP contribution is 2.24. The predicted molar refractivity (Wildman–Crippen MR) is 167 cm³/mol. The number of carbonyl (C=O) groups excluding carboxylic acids is 2. The van der Waals surface area contributed by atoms with E-state index in [-0.39, 0.29) is 13.2 Å². The number of aldehydes is 1. The van der Waals surface area contributed by atoms with Crippen LogP contribution in [0.5, 0.6) is 0 Å². The molecule has 11 heteroatoms. The van der Waals surface area contributed by atoms with Gasteiger partial charge in [0.15, 0.2) is 0 Å². The lowest BCUT2D eigenvalue weighted by atomic mass is 10.1. The minimum Gasteiger partial charge on any atom is -0.519 e. The van der Waals surface area contributed by atoms with Crippen molar-refractivity contribution in [2.24, 2.45) is 0 Å². The molecule has 1 N–H and O–H groups in total. The topological polar surface area (TPSA) is 101 Å². The van der Waals surface area contributed by atoms with Crippen molar-refractivity contribution in [2.75, 3.05) is 27.4 Å². The summed E-state index contributed by atoms with van der Waals surface area (Å²) in [4.78, 5) is 21.3. The summed E-state index contributed by atoms with van der Waals surface area (Å²) in [5.41, 5.74) is 2.10. The Morgan fingerprint density at radius 2 is 1.43 bits per heavy atom. The van der Waals surface area contributed by atoms with Gasteiger partial charge in [0.2, 0.25) is 8.32 Å². The summed E-state index contributed by atoms with van der Waals surface area (Å²) in [5, 5.41) is 9.88. The smallest absolute Gasteiger partial charge is 0.325 e. The lowest BCUT2D eigenvalue weighted by Gasteiger charge is -2.25. The third kappa shape index (κ3) is 17.6. The quantitative estimate of drug-likeness (QED) is 0.0642. The van der Waals surface area contributed by atoms with E-state index in [0.717, 1.165) is 21.9 Å². The predicted octanol–water partition coefficient (Wildman–Crippen LogP) is 6.36. The Morgan fingerprint density at radius 3 is 1.77 bits per heavy atom. The fourth-order valence-electron chi connectivity index (χ4n) is 2.68. The molecule has 40 heavy (non-hydrogen) atoms. The van der Waals surface area contributed by atoms with Crippen molar-refractivity contribution in [3.63, 3.8) is 0 Å². The molecular formula is C29H42Br2O8Si. The van der Waals surface area contributed by atoms with Crippen LogP contribution >= 0.6 is 31.9 Å². The summed E-state index contributed by atoms with van der Waals surface area (Å²) in [6, 6.07) is 19.4. The van der Waals surface area contributed by atoms with E-state index >= 15 is 0 Å². The first-order chi connectivity index (χ1) is 18.8. The molecule has 0 fully saturated rings. The van der Waals surface area contributed by atoms with Gasteiger partial charge in [-0.2, -0.15) is 0 Å². The van der Waals surface area contributed by atoms with Crippen LogP contribution in [0.2, 0.25) is 19.6 Å². The van der Waals surface area contributed by atoms with Crippen molar-refractivity contribution in [3.05, 3.63) is 82.2 Å². The first-order valence-corrected chi connectivity index (χ1v) is 17.5. The summed E-state index contributed by atoms with van der Waals surface area (Å²) in [6.07, 6.45) is -0.225. The van der Waals surface area contributed by atoms with Crippen LogP contribution in [0.25, 0.3) is 0 Å². The zero-order valence-corrected chi connectivity index (χ0v) is 28.5. The maximum atomic E-state index is 11.4. The SMILES string of the molecule is COC(=O)C(C)(Br)[C@H](O)COCc1ccccc1.COC(O[Si](C)(C)C)=C(C)Br.O=CCOCc1ccccc1. The third-order valence-electron chi connectivity index (χ3n) is 4.76. The molecule has 224 valence electrons. The van der Waals surface area contributed by atoms with Crippen LogP contribution in [0.4, 0.5) is 0 Å². The highest BCUT2D eigenvalue weighted by molar-refractivity contribution is 9.11.